The maximum atomic E-state index is 10.1. The highest BCUT2D eigenvalue weighted by molar-refractivity contribution is 5.52. The Morgan fingerprint density at radius 1 is 1.67 bits per heavy atom. The Hall–Kier alpha value is -0.330. The van der Waals surface area contributed by atoms with Crippen molar-refractivity contribution in [3.8, 4) is 0 Å². The summed E-state index contributed by atoms with van der Waals surface area (Å²) >= 11 is 0. The van der Waals surface area contributed by atoms with E-state index < -0.39 is 0 Å². The molecule has 1 heteroatoms. The molecule has 1 aliphatic carbocycles. The SMILES string of the molecule is CC(C=O)CCC1CC1. The van der Waals surface area contributed by atoms with Crippen LogP contribution in [0.1, 0.15) is 32.6 Å². The first-order valence-corrected chi connectivity index (χ1v) is 3.78. The van der Waals surface area contributed by atoms with E-state index in [2.05, 4.69) is 0 Å². The second-order valence-electron chi connectivity index (χ2n) is 3.13. The second kappa shape index (κ2) is 3.00. The van der Waals surface area contributed by atoms with Gasteiger partial charge in [-0.15, -0.1) is 0 Å². The molecule has 1 nitrogen and oxygen atoms in total. The van der Waals surface area contributed by atoms with Crippen LogP contribution in [-0.2, 0) is 4.79 Å². The summed E-state index contributed by atoms with van der Waals surface area (Å²) in [4.78, 5) is 10.1. The van der Waals surface area contributed by atoms with E-state index >= 15 is 0 Å². The lowest BCUT2D eigenvalue weighted by Gasteiger charge is -1.99. The zero-order valence-corrected chi connectivity index (χ0v) is 5.97. The van der Waals surface area contributed by atoms with Crippen molar-refractivity contribution in [2.45, 2.75) is 32.6 Å². The van der Waals surface area contributed by atoms with Crippen LogP contribution in [0.4, 0.5) is 0 Å². The van der Waals surface area contributed by atoms with Gasteiger partial charge in [-0.3, -0.25) is 0 Å². The maximum Gasteiger partial charge on any atom is 0.122 e. The average molecular weight is 126 g/mol. The van der Waals surface area contributed by atoms with Gasteiger partial charge >= 0.3 is 0 Å². The van der Waals surface area contributed by atoms with Crippen molar-refractivity contribution in [1.29, 1.82) is 0 Å². The molecular formula is C8H14O. The smallest absolute Gasteiger partial charge is 0.122 e. The van der Waals surface area contributed by atoms with Crippen molar-refractivity contribution in [2.75, 3.05) is 0 Å². The standard InChI is InChI=1S/C8H14O/c1-7(6-9)2-3-8-4-5-8/h6-8H,2-5H2,1H3. The van der Waals surface area contributed by atoms with Crippen LogP contribution < -0.4 is 0 Å². The van der Waals surface area contributed by atoms with Gasteiger partial charge in [0.05, 0.1) is 0 Å². The minimum atomic E-state index is 0.297. The molecule has 1 fully saturated rings. The molecule has 0 spiro atoms. The fourth-order valence-electron chi connectivity index (χ4n) is 0.973. The van der Waals surface area contributed by atoms with Gasteiger partial charge in [0.15, 0.2) is 0 Å². The van der Waals surface area contributed by atoms with E-state index in [0.717, 1.165) is 18.6 Å². The predicted molar refractivity (Wildman–Crippen MR) is 37.2 cm³/mol. The lowest BCUT2D eigenvalue weighted by molar-refractivity contribution is -0.110. The summed E-state index contributed by atoms with van der Waals surface area (Å²) in [7, 11) is 0. The minimum absolute atomic E-state index is 0.297. The van der Waals surface area contributed by atoms with Gasteiger partial charge in [-0.2, -0.15) is 0 Å². The highest BCUT2D eigenvalue weighted by atomic mass is 16.1. The van der Waals surface area contributed by atoms with Gasteiger partial charge < -0.3 is 4.79 Å². The number of hydrogen-bond acceptors (Lipinski definition) is 1. The van der Waals surface area contributed by atoms with Crippen LogP contribution in [0.3, 0.4) is 0 Å². The number of hydrogen-bond donors (Lipinski definition) is 0. The number of rotatable bonds is 4. The Morgan fingerprint density at radius 2 is 2.33 bits per heavy atom. The van der Waals surface area contributed by atoms with Crippen LogP contribution in [0.2, 0.25) is 0 Å². The Labute approximate surface area is 56.4 Å². The Balaban J connectivity index is 1.95. The van der Waals surface area contributed by atoms with E-state index in [1.54, 1.807) is 0 Å². The third-order valence-corrected chi connectivity index (χ3v) is 1.96. The molecule has 1 aliphatic rings. The summed E-state index contributed by atoms with van der Waals surface area (Å²) in [6.45, 7) is 2.00. The Bertz CT molecular complexity index is 94.7. The summed E-state index contributed by atoms with van der Waals surface area (Å²) in [6.07, 6.45) is 6.26. The van der Waals surface area contributed by atoms with Crippen molar-refractivity contribution in [1.82, 2.24) is 0 Å². The van der Waals surface area contributed by atoms with Crippen LogP contribution in [-0.4, -0.2) is 6.29 Å². The van der Waals surface area contributed by atoms with Gasteiger partial charge in [0, 0.05) is 5.92 Å². The molecule has 0 saturated heterocycles. The van der Waals surface area contributed by atoms with Gasteiger partial charge in [-0.1, -0.05) is 19.8 Å². The largest absolute Gasteiger partial charge is 0.303 e. The molecule has 0 aromatic rings. The summed E-state index contributed by atoms with van der Waals surface area (Å²) in [5, 5.41) is 0. The van der Waals surface area contributed by atoms with E-state index in [1.807, 2.05) is 6.92 Å². The molecule has 0 heterocycles. The summed E-state index contributed by atoms with van der Waals surface area (Å²) in [5.74, 6) is 1.28. The molecule has 0 aromatic heterocycles. The molecule has 9 heavy (non-hydrogen) atoms. The van der Waals surface area contributed by atoms with Crippen LogP contribution >= 0.6 is 0 Å². The monoisotopic (exact) mass is 126 g/mol. The molecule has 1 atom stereocenters. The minimum Gasteiger partial charge on any atom is -0.303 e. The summed E-state index contributed by atoms with van der Waals surface area (Å²) < 4.78 is 0. The van der Waals surface area contributed by atoms with Crippen molar-refractivity contribution >= 4 is 6.29 Å². The third-order valence-electron chi connectivity index (χ3n) is 1.96. The topological polar surface area (TPSA) is 17.1 Å². The second-order valence-corrected chi connectivity index (χ2v) is 3.13. The Morgan fingerprint density at radius 3 is 2.78 bits per heavy atom. The fraction of sp³-hybridized carbons (Fsp3) is 0.875. The van der Waals surface area contributed by atoms with E-state index in [0.29, 0.717) is 5.92 Å². The predicted octanol–water partition coefficient (Wildman–Crippen LogP) is 2.01. The number of aldehydes is 1. The quantitative estimate of drug-likeness (QED) is 0.526. The van der Waals surface area contributed by atoms with Crippen molar-refractivity contribution in [2.24, 2.45) is 11.8 Å². The first-order valence-electron chi connectivity index (χ1n) is 3.78. The van der Waals surface area contributed by atoms with E-state index in [4.69, 9.17) is 0 Å². The van der Waals surface area contributed by atoms with E-state index in [-0.39, 0.29) is 0 Å². The number of carbonyl (C=O) groups excluding carboxylic acids is 1. The lowest BCUT2D eigenvalue weighted by atomic mass is 10.1. The number of carbonyl (C=O) groups is 1. The Kier molecular flexibility index (Phi) is 2.26. The highest BCUT2D eigenvalue weighted by Gasteiger charge is 2.21. The van der Waals surface area contributed by atoms with Crippen molar-refractivity contribution < 1.29 is 4.79 Å². The molecule has 0 bridgehead atoms. The van der Waals surface area contributed by atoms with Crippen molar-refractivity contribution in [3.63, 3.8) is 0 Å². The van der Waals surface area contributed by atoms with Gasteiger partial charge in [-0.05, 0) is 18.8 Å². The zero-order chi connectivity index (χ0) is 6.69. The molecule has 1 unspecified atom stereocenters. The summed E-state index contributed by atoms with van der Waals surface area (Å²) in [6, 6.07) is 0. The normalized spacial score (nSPS) is 21.4. The van der Waals surface area contributed by atoms with E-state index in [9.17, 15) is 4.79 Å². The molecule has 1 saturated carbocycles. The first-order chi connectivity index (χ1) is 4.33. The molecular weight excluding hydrogens is 112 g/mol. The fourth-order valence-corrected chi connectivity index (χ4v) is 0.973. The van der Waals surface area contributed by atoms with E-state index in [1.165, 1.54) is 19.3 Å². The molecule has 0 radical (unpaired) electrons. The molecule has 0 aromatic carbocycles. The van der Waals surface area contributed by atoms with Gasteiger partial charge in [-0.25, -0.2) is 0 Å². The molecule has 0 aliphatic heterocycles. The maximum absolute atomic E-state index is 10.1. The van der Waals surface area contributed by atoms with Crippen LogP contribution in [0, 0.1) is 11.8 Å². The first kappa shape index (κ1) is 6.79. The molecule has 0 amide bonds. The van der Waals surface area contributed by atoms with Crippen LogP contribution in [0.25, 0.3) is 0 Å². The van der Waals surface area contributed by atoms with Gasteiger partial charge in [0.1, 0.15) is 6.29 Å². The molecule has 0 N–H and O–H groups in total. The summed E-state index contributed by atoms with van der Waals surface area (Å²) in [5.41, 5.74) is 0. The van der Waals surface area contributed by atoms with Gasteiger partial charge in [0.25, 0.3) is 0 Å². The van der Waals surface area contributed by atoms with Crippen LogP contribution in [0.15, 0.2) is 0 Å². The van der Waals surface area contributed by atoms with Crippen molar-refractivity contribution in [3.05, 3.63) is 0 Å². The highest BCUT2D eigenvalue weighted by Crippen LogP contribution is 2.34. The zero-order valence-electron chi connectivity index (χ0n) is 5.97. The average Bonchev–Trinajstić information content (AvgIpc) is 2.65. The third kappa shape index (κ3) is 2.64. The lowest BCUT2D eigenvalue weighted by Crippen LogP contribution is -1.95. The van der Waals surface area contributed by atoms with Crippen LogP contribution in [0.5, 0.6) is 0 Å². The molecule has 1 rings (SSSR count). The van der Waals surface area contributed by atoms with Gasteiger partial charge in [0.2, 0.25) is 0 Å². The molecule has 52 valence electrons.